The number of nitrogens with zero attached hydrogens (tertiary/aromatic N) is 1. The number of methoxy groups -OCH3 is 1. The van der Waals surface area contributed by atoms with Gasteiger partial charge in [0, 0.05) is 16.7 Å². The average molecular weight is 769 g/mol. The van der Waals surface area contributed by atoms with E-state index in [1.54, 1.807) is 0 Å². The molecule has 2 fully saturated rings. The molecule has 2 atom stereocenters. The maximum atomic E-state index is 13.8. The number of benzene rings is 3. The van der Waals surface area contributed by atoms with Crippen LogP contribution >= 0.6 is 11.3 Å². The number of carbonyl (C=O) groups is 4. The van der Waals surface area contributed by atoms with E-state index in [1.165, 1.54) is 18.4 Å². The summed E-state index contributed by atoms with van der Waals surface area (Å²) in [5.74, 6) is 2.71. The number of esters is 3. The molecule has 1 aromatic heterocycles. The third kappa shape index (κ3) is 8.48. The molecule has 0 saturated heterocycles. The summed E-state index contributed by atoms with van der Waals surface area (Å²) < 4.78 is 18.7. The SMILES string of the molecule is CCC(C)(OC(=O)C1CCC(C(=O)ON)CC1)c1ccc(C(C)(CC)OC(=O)C2CCC(C(=O)OC)CC2)c2sc(-c3ccc(-c4ccccc4)cc3)nc12. The zero-order valence-electron chi connectivity index (χ0n) is 32.4. The van der Waals surface area contributed by atoms with E-state index in [0.29, 0.717) is 69.7 Å². The molecule has 2 aliphatic carbocycles. The molecule has 2 saturated carbocycles. The molecule has 11 heteroatoms. The van der Waals surface area contributed by atoms with Crippen LogP contribution in [0.25, 0.3) is 31.9 Å². The zero-order valence-corrected chi connectivity index (χ0v) is 33.2. The Bertz CT molecular complexity index is 1900. The third-order valence-corrected chi connectivity index (χ3v) is 13.2. The Morgan fingerprint density at radius 1 is 0.636 bits per heavy atom. The van der Waals surface area contributed by atoms with Crippen LogP contribution in [0, 0.1) is 23.7 Å². The summed E-state index contributed by atoms with van der Waals surface area (Å²) in [4.78, 5) is 61.4. The van der Waals surface area contributed by atoms with Crippen LogP contribution in [0.4, 0.5) is 0 Å². The van der Waals surface area contributed by atoms with Crippen LogP contribution in [0.3, 0.4) is 0 Å². The van der Waals surface area contributed by atoms with E-state index in [1.807, 2.05) is 58.0 Å². The van der Waals surface area contributed by atoms with Gasteiger partial charge in [0.05, 0.1) is 41.0 Å². The highest BCUT2D eigenvalue weighted by atomic mass is 32.1. The van der Waals surface area contributed by atoms with Crippen LogP contribution in [0.1, 0.15) is 103 Å². The highest BCUT2D eigenvalue weighted by Crippen LogP contribution is 2.46. The maximum Gasteiger partial charge on any atom is 0.327 e. The Morgan fingerprint density at radius 3 is 1.56 bits per heavy atom. The molecule has 1 heterocycles. The topological polar surface area (TPSA) is 144 Å². The van der Waals surface area contributed by atoms with Gasteiger partial charge in [-0.3, -0.25) is 19.2 Å². The molecular formula is C44H52N2O8S. The Balaban J connectivity index is 1.34. The lowest BCUT2D eigenvalue weighted by molar-refractivity contribution is -0.168. The molecule has 0 amide bonds. The minimum absolute atomic E-state index is 0.192. The summed E-state index contributed by atoms with van der Waals surface area (Å²) in [6.45, 7) is 7.87. The second-order valence-electron chi connectivity index (χ2n) is 15.4. The lowest BCUT2D eigenvalue weighted by Gasteiger charge is -2.35. The van der Waals surface area contributed by atoms with Crippen molar-refractivity contribution in [3.63, 3.8) is 0 Å². The minimum atomic E-state index is -1.01. The fraction of sp³-hybridized carbons (Fsp3) is 0.477. The number of ether oxygens (including phenoxy) is 3. The summed E-state index contributed by atoms with van der Waals surface area (Å²) in [6.07, 6.45) is 5.36. The molecular weight excluding hydrogens is 717 g/mol. The summed E-state index contributed by atoms with van der Waals surface area (Å²) in [7, 11) is 1.40. The fourth-order valence-corrected chi connectivity index (χ4v) is 9.28. The number of fused-ring (bicyclic) bond motifs is 1. The van der Waals surface area contributed by atoms with Crippen molar-refractivity contribution in [3.8, 4) is 21.7 Å². The van der Waals surface area contributed by atoms with E-state index < -0.39 is 17.2 Å². The molecule has 0 bridgehead atoms. The smallest absolute Gasteiger partial charge is 0.327 e. The zero-order chi connectivity index (χ0) is 39.3. The number of hydrogen-bond acceptors (Lipinski definition) is 11. The molecule has 10 nitrogen and oxygen atoms in total. The average Bonchev–Trinajstić information content (AvgIpc) is 3.68. The summed E-state index contributed by atoms with van der Waals surface area (Å²) in [5, 5.41) is 0.795. The van der Waals surface area contributed by atoms with Crippen LogP contribution in [0.5, 0.6) is 0 Å². The number of aromatic nitrogens is 1. The predicted molar refractivity (Wildman–Crippen MR) is 211 cm³/mol. The molecule has 6 rings (SSSR count). The molecule has 2 aliphatic rings. The van der Waals surface area contributed by atoms with Crippen LogP contribution in [-0.2, 0) is 49.4 Å². The lowest BCUT2D eigenvalue weighted by Crippen LogP contribution is -2.35. The van der Waals surface area contributed by atoms with Crippen molar-refractivity contribution < 1.29 is 38.2 Å². The van der Waals surface area contributed by atoms with Crippen LogP contribution in [0.2, 0.25) is 0 Å². The first-order chi connectivity index (χ1) is 26.4. The van der Waals surface area contributed by atoms with Gasteiger partial charge in [-0.05, 0) is 89.2 Å². The van der Waals surface area contributed by atoms with Gasteiger partial charge in [-0.15, -0.1) is 11.3 Å². The van der Waals surface area contributed by atoms with Gasteiger partial charge in [-0.1, -0.05) is 80.6 Å². The molecule has 55 heavy (non-hydrogen) atoms. The van der Waals surface area contributed by atoms with Gasteiger partial charge in [0.2, 0.25) is 0 Å². The molecule has 4 aromatic rings. The Kier molecular flexibility index (Phi) is 12.4. The van der Waals surface area contributed by atoms with Crippen molar-refractivity contribution in [2.24, 2.45) is 29.6 Å². The summed E-state index contributed by atoms with van der Waals surface area (Å²) in [6, 6.07) is 22.5. The second-order valence-corrected chi connectivity index (χ2v) is 16.4. The van der Waals surface area contributed by atoms with Gasteiger partial charge in [0.1, 0.15) is 16.2 Å². The summed E-state index contributed by atoms with van der Waals surface area (Å²) >= 11 is 1.53. The van der Waals surface area contributed by atoms with Crippen LogP contribution in [-0.4, -0.2) is 36.0 Å². The molecule has 0 aliphatic heterocycles. The Labute approximate surface area is 327 Å². The monoisotopic (exact) mass is 768 g/mol. The highest BCUT2D eigenvalue weighted by molar-refractivity contribution is 7.21. The first-order valence-electron chi connectivity index (χ1n) is 19.5. The van der Waals surface area contributed by atoms with E-state index in [4.69, 9.17) is 25.1 Å². The van der Waals surface area contributed by atoms with Crippen molar-refractivity contribution in [2.45, 2.75) is 103 Å². The van der Waals surface area contributed by atoms with Crippen molar-refractivity contribution in [1.29, 1.82) is 0 Å². The van der Waals surface area contributed by atoms with Gasteiger partial charge in [-0.2, -0.15) is 5.90 Å². The van der Waals surface area contributed by atoms with Gasteiger partial charge in [0.25, 0.3) is 0 Å². The first-order valence-corrected chi connectivity index (χ1v) is 20.3. The van der Waals surface area contributed by atoms with Gasteiger partial charge in [-0.25, -0.2) is 4.98 Å². The second kappa shape index (κ2) is 17.0. The van der Waals surface area contributed by atoms with Crippen molar-refractivity contribution in [2.75, 3.05) is 7.11 Å². The number of hydrogen-bond donors (Lipinski definition) is 1. The predicted octanol–water partition coefficient (Wildman–Crippen LogP) is 9.17. The molecule has 2 unspecified atom stereocenters. The minimum Gasteiger partial charge on any atom is -0.469 e. The third-order valence-electron chi connectivity index (χ3n) is 12.0. The van der Waals surface area contributed by atoms with E-state index in [2.05, 4.69) is 41.2 Å². The van der Waals surface area contributed by atoms with E-state index >= 15 is 0 Å². The van der Waals surface area contributed by atoms with E-state index in [-0.39, 0.29) is 41.6 Å². The quantitative estimate of drug-likeness (QED) is 0.0842. The largest absolute Gasteiger partial charge is 0.469 e. The summed E-state index contributed by atoms with van der Waals surface area (Å²) in [5.41, 5.74) is 3.48. The standard InChI is InChI=1S/C44H52N2O8S/c1-6-43(3,52-40(48)32-21-23-33(24-22-32)42(50)54-45)34-25-26-35(44(4,7-2)53-41(49)31-19-17-30(18-20-31)39(47)51-5)37-36(34)46-38(55-37)29-15-13-28(14-16-29)27-11-9-8-10-12-27/h8-16,25-26,30-33H,6-7,17-24,45H2,1-5H3. The number of nitrogens with two attached hydrogens (primary N) is 1. The molecule has 0 spiro atoms. The number of carbonyl (C=O) groups excluding carboxylic acids is 4. The van der Waals surface area contributed by atoms with Crippen molar-refractivity contribution in [1.82, 2.24) is 4.98 Å². The van der Waals surface area contributed by atoms with Crippen LogP contribution < -0.4 is 5.90 Å². The Hall–Kier alpha value is -4.61. The van der Waals surface area contributed by atoms with Gasteiger partial charge in [0.15, 0.2) is 0 Å². The molecule has 0 radical (unpaired) electrons. The van der Waals surface area contributed by atoms with Crippen molar-refractivity contribution in [3.05, 3.63) is 77.9 Å². The number of rotatable bonds is 12. The maximum absolute atomic E-state index is 13.8. The Morgan fingerprint density at radius 2 is 1.07 bits per heavy atom. The molecule has 292 valence electrons. The van der Waals surface area contributed by atoms with Crippen LogP contribution in [0.15, 0.2) is 66.7 Å². The normalized spacial score (nSPS) is 22.1. The van der Waals surface area contributed by atoms with Gasteiger partial charge >= 0.3 is 23.9 Å². The number of thiazole rings is 1. The first kappa shape index (κ1) is 40.1. The van der Waals surface area contributed by atoms with E-state index in [9.17, 15) is 19.2 Å². The lowest BCUT2D eigenvalue weighted by atomic mass is 9.81. The van der Waals surface area contributed by atoms with E-state index in [0.717, 1.165) is 37.5 Å². The highest BCUT2D eigenvalue weighted by Gasteiger charge is 2.41. The van der Waals surface area contributed by atoms with Gasteiger partial charge < -0.3 is 19.0 Å². The fourth-order valence-electron chi connectivity index (χ4n) is 8.05. The molecule has 3 aromatic carbocycles. The van der Waals surface area contributed by atoms with Crippen molar-refractivity contribution >= 4 is 45.4 Å². The molecule has 2 N–H and O–H groups in total.